The van der Waals surface area contributed by atoms with Gasteiger partial charge in [0.2, 0.25) is 5.95 Å². The van der Waals surface area contributed by atoms with E-state index in [0.717, 1.165) is 27.7 Å². The Balaban J connectivity index is 2.23. The van der Waals surface area contributed by atoms with Gasteiger partial charge in [0.1, 0.15) is 0 Å². The lowest BCUT2D eigenvalue weighted by Crippen LogP contribution is -2.07. The van der Waals surface area contributed by atoms with Gasteiger partial charge >= 0.3 is 0 Å². The minimum atomic E-state index is 0.694. The van der Waals surface area contributed by atoms with Crippen molar-refractivity contribution in [2.24, 2.45) is 0 Å². The highest BCUT2D eigenvalue weighted by atomic mass is 79.9. The van der Waals surface area contributed by atoms with Crippen LogP contribution in [0.4, 0.5) is 5.95 Å². The van der Waals surface area contributed by atoms with E-state index in [-0.39, 0.29) is 0 Å². The van der Waals surface area contributed by atoms with E-state index in [1.807, 2.05) is 24.4 Å². The molecule has 84 valence electrons. The zero-order valence-corrected chi connectivity index (χ0v) is 11.3. The largest absolute Gasteiger partial charge is 0.353 e. The van der Waals surface area contributed by atoms with Crippen molar-refractivity contribution in [3.8, 4) is 0 Å². The molecule has 0 unspecified atom stereocenters. The molecule has 0 amide bonds. The van der Waals surface area contributed by atoms with E-state index in [2.05, 4.69) is 37.5 Å². The van der Waals surface area contributed by atoms with Crippen LogP contribution in [0.2, 0.25) is 0 Å². The Morgan fingerprint density at radius 3 is 3.12 bits per heavy atom. The van der Waals surface area contributed by atoms with E-state index in [1.165, 1.54) is 0 Å². The molecule has 1 aromatic carbocycles. The Morgan fingerprint density at radius 1 is 1.44 bits per heavy atom. The van der Waals surface area contributed by atoms with Crippen molar-refractivity contribution in [3.63, 3.8) is 0 Å². The second kappa shape index (κ2) is 5.50. The normalized spacial score (nSPS) is 10.6. The van der Waals surface area contributed by atoms with Crippen molar-refractivity contribution in [1.29, 1.82) is 0 Å². The zero-order chi connectivity index (χ0) is 11.4. The molecule has 3 nitrogen and oxygen atoms in total. The predicted molar refractivity (Wildman–Crippen MR) is 74.1 cm³/mol. The number of hydrogen-bond donors (Lipinski definition) is 1. The van der Waals surface area contributed by atoms with Crippen molar-refractivity contribution in [3.05, 3.63) is 28.9 Å². The number of rotatable bonds is 4. The van der Waals surface area contributed by atoms with Gasteiger partial charge in [-0.15, -0.1) is 0 Å². The monoisotopic (exact) mass is 297 g/mol. The van der Waals surface area contributed by atoms with E-state index in [0.29, 0.717) is 5.95 Å². The molecule has 16 heavy (non-hydrogen) atoms. The third-order valence-corrected chi connectivity index (χ3v) is 3.47. The highest BCUT2D eigenvalue weighted by molar-refractivity contribution is 9.10. The van der Waals surface area contributed by atoms with Gasteiger partial charge in [0, 0.05) is 28.4 Å². The maximum Gasteiger partial charge on any atom is 0.223 e. The van der Waals surface area contributed by atoms with Gasteiger partial charge in [-0.2, -0.15) is 11.8 Å². The van der Waals surface area contributed by atoms with Gasteiger partial charge in [0.05, 0.1) is 5.52 Å². The molecule has 1 heterocycles. The van der Waals surface area contributed by atoms with Crippen LogP contribution in [0.15, 0.2) is 28.9 Å². The summed E-state index contributed by atoms with van der Waals surface area (Å²) in [5.41, 5.74) is 0.955. The molecule has 0 fully saturated rings. The van der Waals surface area contributed by atoms with Crippen LogP contribution in [0.5, 0.6) is 0 Å². The lowest BCUT2D eigenvalue weighted by atomic mass is 10.2. The molecule has 0 saturated heterocycles. The second-order valence-electron chi connectivity index (χ2n) is 3.29. The summed E-state index contributed by atoms with van der Waals surface area (Å²) in [4.78, 5) is 8.72. The Hall–Kier alpha value is -0.810. The highest BCUT2D eigenvalue weighted by Crippen LogP contribution is 2.22. The van der Waals surface area contributed by atoms with E-state index >= 15 is 0 Å². The summed E-state index contributed by atoms with van der Waals surface area (Å²) in [6, 6.07) is 5.96. The van der Waals surface area contributed by atoms with Gasteiger partial charge in [-0.3, -0.25) is 0 Å². The maximum absolute atomic E-state index is 4.45. The van der Waals surface area contributed by atoms with Gasteiger partial charge < -0.3 is 5.32 Å². The van der Waals surface area contributed by atoms with Crippen LogP contribution >= 0.6 is 27.7 Å². The molecule has 0 saturated carbocycles. The summed E-state index contributed by atoms with van der Waals surface area (Å²) in [6.07, 6.45) is 3.92. The SMILES string of the molecule is CSCCNc1ncc2c(Br)cccc2n1. The van der Waals surface area contributed by atoms with Crippen LogP contribution in [0, 0.1) is 0 Å². The van der Waals surface area contributed by atoms with Gasteiger partial charge in [-0.1, -0.05) is 22.0 Å². The van der Waals surface area contributed by atoms with Crippen molar-refractivity contribution < 1.29 is 0 Å². The lowest BCUT2D eigenvalue weighted by molar-refractivity contribution is 1.12. The molecule has 1 N–H and O–H groups in total. The number of anilines is 1. The average Bonchev–Trinajstić information content (AvgIpc) is 2.30. The van der Waals surface area contributed by atoms with Crippen LogP contribution in [-0.2, 0) is 0 Å². The lowest BCUT2D eigenvalue weighted by Gasteiger charge is -2.05. The number of halogens is 1. The first-order chi connectivity index (χ1) is 7.81. The molecule has 0 bridgehead atoms. The number of nitrogens with one attached hydrogen (secondary N) is 1. The van der Waals surface area contributed by atoms with Crippen LogP contribution in [-0.4, -0.2) is 28.5 Å². The fraction of sp³-hybridized carbons (Fsp3) is 0.273. The van der Waals surface area contributed by atoms with Crippen molar-refractivity contribution in [2.75, 3.05) is 23.9 Å². The van der Waals surface area contributed by atoms with Crippen LogP contribution < -0.4 is 5.32 Å². The highest BCUT2D eigenvalue weighted by Gasteiger charge is 2.01. The number of thioether (sulfide) groups is 1. The fourth-order valence-corrected chi connectivity index (χ4v) is 2.13. The van der Waals surface area contributed by atoms with Crippen molar-refractivity contribution in [1.82, 2.24) is 9.97 Å². The first-order valence-electron chi connectivity index (χ1n) is 4.95. The van der Waals surface area contributed by atoms with Crippen molar-refractivity contribution in [2.45, 2.75) is 0 Å². The quantitative estimate of drug-likeness (QED) is 0.880. The topological polar surface area (TPSA) is 37.8 Å². The average molecular weight is 298 g/mol. The summed E-state index contributed by atoms with van der Waals surface area (Å²) in [5, 5.41) is 4.24. The number of aromatic nitrogens is 2. The first-order valence-corrected chi connectivity index (χ1v) is 7.14. The Morgan fingerprint density at radius 2 is 2.31 bits per heavy atom. The van der Waals surface area contributed by atoms with E-state index < -0.39 is 0 Å². The third-order valence-electron chi connectivity index (χ3n) is 2.16. The Kier molecular flexibility index (Phi) is 4.01. The van der Waals surface area contributed by atoms with E-state index in [4.69, 9.17) is 0 Å². The standard InChI is InChI=1S/C11H12BrN3S/c1-16-6-5-13-11-14-7-8-9(12)3-2-4-10(8)15-11/h2-4,7H,5-6H2,1H3,(H,13,14,15). The van der Waals surface area contributed by atoms with Gasteiger partial charge in [-0.05, 0) is 18.4 Å². The molecular formula is C11H12BrN3S. The zero-order valence-electron chi connectivity index (χ0n) is 8.90. The molecule has 2 rings (SSSR count). The van der Waals surface area contributed by atoms with E-state index in [1.54, 1.807) is 11.8 Å². The minimum absolute atomic E-state index is 0.694. The molecule has 5 heteroatoms. The van der Waals surface area contributed by atoms with Crippen LogP contribution in [0.1, 0.15) is 0 Å². The Bertz CT molecular complexity index is 490. The van der Waals surface area contributed by atoms with Crippen molar-refractivity contribution >= 4 is 44.5 Å². The molecule has 0 aliphatic heterocycles. The molecule has 1 aromatic heterocycles. The fourth-order valence-electron chi connectivity index (χ4n) is 1.37. The second-order valence-corrected chi connectivity index (χ2v) is 5.13. The number of fused-ring (bicyclic) bond motifs is 1. The summed E-state index contributed by atoms with van der Waals surface area (Å²) in [7, 11) is 0. The van der Waals surface area contributed by atoms with Gasteiger partial charge in [0.25, 0.3) is 0 Å². The molecule has 0 spiro atoms. The van der Waals surface area contributed by atoms with Crippen LogP contribution in [0.25, 0.3) is 10.9 Å². The molecule has 0 aliphatic carbocycles. The smallest absolute Gasteiger partial charge is 0.223 e. The maximum atomic E-state index is 4.45. The first kappa shape index (κ1) is 11.7. The number of nitrogens with zero attached hydrogens (tertiary/aromatic N) is 2. The molecule has 2 aromatic rings. The van der Waals surface area contributed by atoms with Gasteiger partial charge in [-0.25, -0.2) is 9.97 Å². The molecule has 0 aliphatic rings. The van der Waals surface area contributed by atoms with E-state index in [9.17, 15) is 0 Å². The number of benzene rings is 1. The predicted octanol–water partition coefficient (Wildman–Crippen LogP) is 3.17. The van der Waals surface area contributed by atoms with Crippen LogP contribution in [0.3, 0.4) is 0 Å². The summed E-state index contributed by atoms with van der Waals surface area (Å²) in [6.45, 7) is 0.890. The third kappa shape index (κ3) is 2.65. The number of hydrogen-bond acceptors (Lipinski definition) is 4. The summed E-state index contributed by atoms with van der Waals surface area (Å²) in [5.74, 6) is 1.75. The molecular weight excluding hydrogens is 286 g/mol. The Labute approximate surface area is 107 Å². The van der Waals surface area contributed by atoms with Gasteiger partial charge in [0.15, 0.2) is 0 Å². The summed E-state index contributed by atoms with van der Waals surface area (Å²) < 4.78 is 1.03. The molecule has 0 radical (unpaired) electrons. The minimum Gasteiger partial charge on any atom is -0.353 e. The molecule has 0 atom stereocenters. The summed E-state index contributed by atoms with van der Waals surface area (Å²) >= 11 is 5.28.